The molecule has 1 saturated heterocycles. The van der Waals surface area contributed by atoms with E-state index in [0.717, 1.165) is 23.4 Å². The third-order valence-corrected chi connectivity index (χ3v) is 5.52. The van der Waals surface area contributed by atoms with Crippen LogP contribution < -0.4 is 10.6 Å². The fourth-order valence-electron chi connectivity index (χ4n) is 3.85. The number of rotatable bonds is 8. The molecule has 3 atom stereocenters. The number of ether oxygens (including phenoxy) is 1. The molecular formula is C22H30N4O3. The predicted octanol–water partition coefficient (Wildman–Crippen LogP) is 2.01. The molecule has 156 valence electrons. The molecule has 7 heteroatoms. The Kier molecular flexibility index (Phi) is 7.04. The van der Waals surface area contributed by atoms with Gasteiger partial charge in [-0.3, -0.25) is 14.7 Å². The van der Waals surface area contributed by atoms with Gasteiger partial charge < -0.3 is 15.4 Å². The first-order chi connectivity index (χ1) is 14.0. The van der Waals surface area contributed by atoms with Crippen molar-refractivity contribution in [3.05, 3.63) is 52.8 Å². The maximum Gasteiger partial charge on any atom is 0.227 e. The summed E-state index contributed by atoms with van der Waals surface area (Å²) in [6.07, 6.45) is 1.29. The molecule has 3 N–H and O–H groups in total. The Labute approximate surface area is 171 Å². The molecule has 0 aliphatic carbocycles. The maximum absolute atomic E-state index is 12.5. The number of amides is 2. The molecule has 0 bridgehead atoms. The van der Waals surface area contributed by atoms with Gasteiger partial charge in [0.1, 0.15) is 0 Å². The summed E-state index contributed by atoms with van der Waals surface area (Å²) in [6.45, 7) is 7.10. The highest BCUT2D eigenvalue weighted by molar-refractivity contribution is 5.83. The molecule has 1 aliphatic heterocycles. The molecule has 3 rings (SSSR count). The van der Waals surface area contributed by atoms with Crippen molar-refractivity contribution >= 4 is 11.8 Å². The highest BCUT2D eigenvalue weighted by Gasteiger charge is 2.31. The van der Waals surface area contributed by atoms with Gasteiger partial charge in [0.15, 0.2) is 0 Å². The molecule has 1 fully saturated rings. The minimum atomic E-state index is -0.285. The zero-order valence-electron chi connectivity index (χ0n) is 17.3. The van der Waals surface area contributed by atoms with Crippen molar-refractivity contribution < 1.29 is 14.3 Å². The lowest BCUT2D eigenvalue weighted by atomic mass is 9.98. The minimum Gasteiger partial charge on any atom is -0.376 e. The van der Waals surface area contributed by atoms with Crippen LogP contribution in [0.3, 0.4) is 0 Å². The van der Waals surface area contributed by atoms with E-state index in [2.05, 4.69) is 33.0 Å². The molecular weight excluding hydrogens is 368 g/mol. The summed E-state index contributed by atoms with van der Waals surface area (Å²) >= 11 is 0. The standard InChI is InChI=1S/C22H30N4O3/c1-14(20-15(2)25-26-16(20)3)21(27)24-12-19-11-18(13-29-19)22(28)23-10-9-17-7-5-4-6-8-17/h4-8,14,18-19H,9-13H2,1-3H3,(H,23,28)(H,24,27)(H,25,26)/t14?,18-,19-/m0/s1. The maximum atomic E-state index is 12.5. The molecule has 1 unspecified atom stereocenters. The molecule has 29 heavy (non-hydrogen) atoms. The van der Waals surface area contributed by atoms with Crippen LogP contribution in [0.15, 0.2) is 30.3 Å². The molecule has 2 heterocycles. The summed E-state index contributed by atoms with van der Waals surface area (Å²) in [6, 6.07) is 10.1. The lowest BCUT2D eigenvalue weighted by Gasteiger charge is -2.15. The van der Waals surface area contributed by atoms with Gasteiger partial charge in [0, 0.05) is 24.3 Å². The smallest absolute Gasteiger partial charge is 0.227 e. The minimum absolute atomic E-state index is 0.0211. The van der Waals surface area contributed by atoms with Crippen molar-refractivity contribution in [3.8, 4) is 0 Å². The fourth-order valence-corrected chi connectivity index (χ4v) is 3.85. The summed E-state index contributed by atoms with van der Waals surface area (Å²) in [5.74, 6) is -0.486. The molecule has 0 radical (unpaired) electrons. The molecule has 7 nitrogen and oxygen atoms in total. The van der Waals surface area contributed by atoms with Gasteiger partial charge in [-0.15, -0.1) is 0 Å². The van der Waals surface area contributed by atoms with Gasteiger partial charge in [0.2, 0.25) is 11.8 Å². The number of hydrogen-bond acceptors (Lipinski definition) is 4. The Morgan fingerprint density at radius 1 is 1.24 bits per heavy atom. The van der Waals surface area contributed by atoms with E-state index in [9.17, 15) is 9.59 Å². The summed E-state index contributed by atoms with van der Waals surface area (Å²) in [4.78, 5) is 24.9. The van der Waals surface area contributed by atoms with E-state index in [1.807, 2.05) is 39.0 Å². The third kappa shape index (κ3) is 5.44. The van der Waals surface area contributed by atoms with Gasteiger partial charge in [0.05, 0.1) is 30.2 Å². The number of aryl methyl sites for hydroxylation is 2. The average Bonchev–Trinajstić information content (AvgIpc) is 3.33. The normalized spacial score (nSPS) is 19.7. The quantitative estimate of drug-likeness (QED) is 0.634. The lowest BCUT2D eigenvalue weighted by molar-refractivity contribution is -0.125. The highest BCUT2D eigenvalue weighted by Crippen LogP contribution is 2.22. The van der Waals surface area contributed by atoms with Crippen molar-refractivity contribution in [2.45, 2.75) is 45.6 Å². The van der Waals surface area contributed by atoms with Gasteiger partial charge in [-0.2, -0.15) is 5.10 Å². The van der Waals surface area contributed by atoms with Crippen LogP contribution in [0, 0.1) is 19.8 Å². The highest BCUT2D eigenvalue weighted by atomic mass is 16.5. The van der Waals surface area contributed by atoms with E-state index >= 15 is 0 Å². The fraction of sp³-hybridized carbons (Fsp3) is 0.500. The summed E-state index contributed by atoms with van der Waals surface area (Å²) in [5, 5.41) is 13.0. The predicted molar refractivity (Wildman–Crippen MR) is 110 cm³/mol. The van der Waals surface area contributed by atoms with E-state index in [-0.39, 0.29) is 29.8 Å². The summed E-state index contributed by atoms with van der Waals surface area (Å²) in [7, 11) is 0. The summed E-state index contributed by atoms with van der Waals surface area (Å²) in [5.41, 5.74) is 3.89. The zero-order valence-corrected chi connectivity index (χ0v) is 17.3. The van der Waals surface area contributed by atoms with Crippen LogP contribution in [-0.4, -0.2) is 47.8 Å². The van der Waals surface area contributed by atoms with Crippen molar-refractivity contribution in [2.75, 3.05) is 19.7 Å². The number of nitrogens with one attached hydrogen (secondary N) is 3. The van der Waals surface area contributed by atoms with Crippen LogP contribution in [-0.2, 0) is 20.7 Å². The lowest BCUT2D eigenvalue weighted by Crippen LogP contribution is -2.35. The Morgan fingerprint density at radius 2 is 2.00 bits per heavy atom. The van der Waals surface area contributed by atoms with Crippen molar-refractivity contribution in [1.29, 1.82) is 0 Å². The van der Waals surface area contributed by atoms with E-state index in [1.165, 1.54) is 5.56 Å². The van der Waals surface area contributed by atoms with Crippen LogP contribution >= 0.6 is 0 Å². The Morgan fingerprint density at radius 3 is 2.69 bits per heavy atom. The molecule has 2 amide bonds. The Balaban J connectivity index is 1.39. The summed E-state index contributed by atoms with van der Waals surface area (Å²) < 4.78 is 5.73. The second kappa shape index (κ2) is 9.69. The molecule has 2 aromatic rings. The number of H-pyrrole nitrogens is 1. The van der Waals surface area contributed by atoms with Gasteiger partial charge in [-0.1, -0.05) is 30.3 Å². The number of benzene rings is 1. The average molecular weight is 399 g/mol. The first-order valence-corrected chi connectivity index (χ1v) is 10.2. The number of aromatic amines is 1. The SMILES string of the molecule is Cc1n[nH]c(C)c1C(C)C(=O)NC[C@@H]1C[C@H](C(=O)NCCc2ccccc2)CO1. The molecule has 1 aromatic heterocycles. The van der Waals surface area contributed by atoms with Gasteiger partial charge >= 0.3 is 0 Å². The molecule has 1 aliphatic rings. The first kappa shape index (κ1) is 21.0. The monoisotopic (exact) mass is 398 g/mol. The Bertz CT molecular complexity index is 814. The number of nitrogens with zero attached hydrogens (tertiary/aromatic N) is 1. The van der Waals surface area contributed by atoms with E-state index in [0.29, 0.717) is 26.1 Å². The Hall–Kier alpha value is -2.67. The van der Waals surface area contributed by atoms with Crippen LogP contribution in [0.1, 0.15) is 41.8 Å². The number of aromatic nitrogens is 2. The van der Waals surface area contributed by atoms with Crippen LogP contribution in [0.4, 0.5) is 0 Å². The third-order valence-electron chi connectivity index (χ3n) is 5.52. The van der Waals surface area contributed by atoms with Crippen molar-refractivity contribution in [1.82, 2.24) is 20.8 Å². The largest absolute Gasteiger partial charge is 0.376 e. The van der Waals surface area contributed by atoms with Gasteiger partial charge in [-0.25, -0.2) is 0 Å². The zero-order chi connectivity index (χ0) is 20.8. The van der Waals surface area contributed by atoms with Crippen molar-refractivity contribution in [3.63, 3.8) is 0 Å². The van der Waals surface area contributed by atoms with Crippen LogP contribution in [0.2, 0.25) is 0 Å². The van der Waals surface area contributed by atoms with Crippen molar-refractivity contribution in [2.24, 2.45) is 5.92 Å². The molecule has 1 aromatic carbocycles. The second-order valence-electron chi connectivity index (χ2n) is 7.73. The number of carbonyl (C=O) groups is 2. The van der Waals surface area contributed by atoms with Crippen LogP contribution in [0.5, 0.6) is 0 Å². The molecule has 0 saturated carbocycles. The van der Waals surface area contributed by atoms with E-state index in [1.54, 1.807) is 0 Å². The second-order valence-corrected chi connectivity index (χ2v) is 7.73. The molecule has 0 spiro atoms. The first-order valence-electron chi connectivity index (χ1n) is 10.2. The van der Waals surface area contributed by atoms with E-state index < -0.39 is 0 Å². The van der Waals surface area contributed by atoms with Crippen LogP contribution in [0.25, 0.3) is 0 Å². The topological polar surface area (TPSA) is 96.1 Å². The number of carbonyl (C=O) groups excluding carboxylic acids is 2. The number of hydrogen-bond donors (Lipinski definition) is 3. The van der Waals surface area contributed by atoms with Gasteiger partial charge in [-0.05, 0) is 39.2 Å². The van der Waals surface area contributed by atoms with Gasteiger partial charge in [0.25, 0.3) is 0 Å². The van der Waals surface area contributed by atoms with E-state index in [4.69, 9.17) is 4.74 Å².